The van der Waals surface area contributed by atoms with Gasteiger partial charge < -0.3 is 14.7 Å². The average Bonchev–Trinajstić information content (AvgIpc) is 2.37. The van der Waals surface area contributed by atoms with Gasteiger partial charge in [0.15, 0.2) is 18.2 Å². The van der Waals surface area contributed by atoms with Crippen LogP contribution in [0.3, 0.4) is 0 Å². The Morgan fingerprint density at radius 2 is 2.05 bits per heavy atom. The smallest absolute Gasteiger partial charge is 0.260 e. The lowest BCUT2D eigenvalue weighted by atomic mass is 9.94. The van der Waals surface area contributed by atoms with E-state index < -0.39 is 11.4 Å². The highest BCUT2D eigenvalue weighted by atomic mass is 19.1. The van der Waals surface area contributed by atoms with Crippen LogP contribution in [0.25, 0.3) is 0 Å². The second-order valence-electron chi connectivity index (χ2n) is 5.10. The van der Waals surface area contributed by atoms with E-state index >= 15 is 0 Å². The molecule has 5 heteroatoms. The number of halogens is 1. The van der Waals surface area contributed by atoms with Crippen molar-refractivity contribution >= 4 is 5.91 Å². The molecule has 1 fully saturated rings. The Morgan fingerprint density at radius 3 is 2.68 bits per heavy atom. The number of carbonyl (C=O) groups excluding carboxylic acids is 1. The summed E-state index contributed by atoms with van der Waals surface area (Å²) in [6.45, 7) is 2.60. The number of hydrogen-bond donors (Lipinski definition) is 1. The number of ether oxygens (including phenoxy) is 1. The first-order chi connectivity index (χ1) is 8.98. The highest BCUT2D eigenvalue weighted by Crippen LogP contribution is 2.21. The van der Waals surface area contributed by atoms with Gasteiger partial charge in [-0.1, -0.05) is 12.1 Å². The summed E-state index contributed by atoms with van der Waals surface area (Å²) >= 11 is 0. The number of carbonyl (C=O) groups is 1. The van der Waals surface area contributed by atoms with Crippen LogP contribution in [-0.2, 0) is 4.79 Å². The second-order valence-corrected chi connectivity index (χ2v) is 5.10. The van der Waals surface area contributed by atoms with E-state index in [1.807, 2.05) is 0 Å². The van der Waals surface area contributed by atoms with Gasteiger partial charge in [0.25, 0.3) is 5.91 Å². The number of piperidine rings is 1. The summed E-state index contributed by atoms with van der Waals surface area (Å²) in [7, 11) is 0. The summed E-state index contributed by atoms with van der Waals surface area (Å²) in [5.41, 5.74) is -0.691. The third-order valence-corrected chi connectivity index (χ3v) is 3.38. The van der Waals surface area contributed by atoms with Gasteiger partial charge in [0.05, 0.1) is 5.60 Å². The summed E-state index contributed by atoms with van der Waals surface area (Å²) in [6.07, 6.45) is 1.11. The zero-order valence-corrected chi connectivity index (χ0v) is 10.9. The molecule has 1 aromatic carbocycles. The maximum atomic E-state index is 13.3. The zero-order chi connectivity index (χ0) is 13.9. The van der Waals surface area contributed by atoms with E-state index in [-0.39, 0.29) is 18.3 Å². The summed E-state index contributed by atoms with van der Waals surface area (Å²) < 4.78 is 18.5. The Hall–Kier alpha value is -1.62. The van der Waals surface area contributed by atoms with Crippen molar-refractivity contribution in [1.82, 2.24) is 4.90 Å². The van der Waals surface area contributed by atoms with E-state index in [2.05, 4.69) is 0 Å². The van der Waals surface area contributed by atoms with Crippen LogP contribution in [0.2, 0.25) is 0 Å². The van der Waals surface area contributed by atoms with Crippen LogP contribution in [0.1, 0.15) is 19.8 Å². The van der Waals surface area contributed by atoms with Crippen molar-refractivity contribution in [2.45, 2.75) is 25.4 Å². The Balaban J connectivity index is 1.84. The summed E-state index contributed by atoms with van der Waals surface area (Å²) in [5, 5.41) is 9.80. The van der Waals surface area contributed by atoms with Crippen molar-refractivity contribution in [1.29, 1.82) is 0 Å². The van der Waals surface area contributed by atoms with Crippen LogP contribution in [0.5, 0.6) is 5.75 Å². The highest BCUT2D eigenvalue weighted by molar-refractivity contribution is 5.77. The fourth-order valence-electron chi connectivity index (χ4n) is 2.03. The molecule has 0 bridgehead atoms. The first kappa shape index (κ1) is 13.8. The van der Waals surface area contributed by atoms with Crippen molar-refractivity contribution < 1.29 is 19.0 Å². The molecule has 0 unspecified atom stereocenters. The van der Waals surface area contributed by atoms with Crippen LogP contribution >= 0.6 is 0 Å². The van der Waals surface area contributed by atoms with Crippen molar-refractivity contribution in [3.63, 3.8) is 0 Å². The van der Waals surface area contributed by atoms with Crippen molar-refractivity contribution in [2.75, 3.05) is 19.7 Å². The van der Waals surface area contributed by atoms with Crippen molar-refractivity contribution in [2.24, 2.45) is 0 Å². The van der Waals surface area contributed by atoms with E-state index in [9.17, 15) is 14.3 Å². The Morgan fingerprint density at radius 1 is 1.42 bits per heavy atom. The number of amides is 1. The normalized spacial score (nSPS) is 18.2. The molecular weight excluding hydrogens is 249 g/mol. The molecule has 0 aliphatic carbocycles. The predicted octanol–water partition coefficient (Wildman–Crippen LogP) is 1.58. The van der Waals surface area contributed by atoms with E-state index in [0.29, 0.717) is 25.9 Å². The number of para-hydroxylation sites is 1. The molecule has 104 valence electrons. The molecular formula is C14H18FNO3. The number of nitrogens with zero attached hydrogens (tertiary/aromatic N) is 1. The molecule has 1 aliphatic heterocycles. The monoisotopic (exact) mass is 267 g/mol. The molecule has 0 saturated carbocycles. The summed E-state index contributed by atoms with van der Waals surface area (Å²) in [6, 6.07) is 6.00. The average molecular weight is 267 g/mol. The van der Waals surface area contributed by atoms with Crippen molar-refractivity contribution in [3.8, 4) is 5.75 Å². The highest BCUT2D eigenvalue weighted by Gasteiger charge is 2.29. The number of likely N-dealkylation sites (tertiary alicyclic amines) is 1. The maximum Gasteiger partial charge on any atom is 0.260 e. The molecule has 1 aromatic rings. The minimum atomic E-state index is -0.691. The van der Waals surface area contributed by atoms with Crippen LogP contribution < -0.4 is 4.74 Å². The third kappa shape index (κ3) is 3.67. The van der Waals surface area contributed by atoms with Gasteiger partial charge in [-0.15, -0.1) is 0 Å². The molecule has 1 saturated heterocycles. The second kappa shape index (κ2) is 5.57. The quantitative estimate of drug-likeness (QED) is 0.904. The standard InChI is InChI=1S/C14H18FNO3/c1-14(18)6-8-16(9-7-14)13(17)10-19-12-5-3-2-4-11(12)15/h2-5,18H,6-10H2,1H3. The number of aliphatic hydroxyl groups is 1. The zero-order valence-electron chi connectivity index (χ0n) is 10.9. The Kier molecular flexibility index (Phi) is 4.04. The van der Waals surface area contributed by atoms with E-state index in [0.717, 1.165) is 0 Å². The molecule has 4 nitrogen and oxygen atoms in total. The van der Waals surface area contributed by atoms with Crippen LogP contribution in [0, 0.1) is 5.82 Å². The molecule has 0 aromatic heterocycles. The molecule has 1 amide bonds. The first-order valence-electron chi connectivity index (χ1n) is 6.35. The molecule has 1 N–H and O–H groups in total. The topological polar surface area (TPSA) is 49.8 Å². The molecule has 1 aliphatic rings. The lowest BCUT2D eigenvalue weighted by molar-refractivity contribution is -0.137. The Labute approximate surface area is 111 Å². The van der Waals surface area contributed by atoms with E-state index in [1.165, 1.54) is 12.1 Å². The number of rotatable bonds is 3. The minimum absolute atomic E-state index is 0.0832. The van der Waals surface area contributed by atoms with Gasteiger partial charge in [-0.3, -0.25) is 4.79 Å². The van der Waals surface area contributed by atoms with Crippen LogP contribution in [0.4, 0.5) is 4.39 Å². The van der Waals surface area contributed by atoms with Gasteiger partial charge in [0, 0.05) is 13.1 Å². The van der Waals surface area contributed by atoms with Gasteiger partial charge in [-0.2, -0.15) is 0 Å². The van der Waals surface area contributed by atoms with E-state index in [4.69, 9.17) is 4.74 Å². The SMILES string of the molecule is CC1(O)CCN(C(=O)COc2ccccc2F)CC1. The van der Waals surface area contributed by atoms with Crippen molar-refractivity contribution in [3.05, 3.63) is 30.1 Å². The van der Waals surface area contributed by atoms with Gasteiger partial charge in [-0.25, -0.2) is 4.39 Å². The lowest BCUT2D eigenvalue weighted by Gasteiger charge is -2.35. The third-order valence-electron chi connectivity index (χ3n) is 3.38. The van der Waals surface area contributed by atoms with Crippen LogP contribution in [0.15, 0.2) is 24.3 Å². The largest absolute Gasteiger partial charge is 0.481 e. The van der Waals surface area contributed by atoms with E-state index in [1.54, 1.807) is 24.0 Å². The molecule has 19 heavy (non-hydrogen) atoms. The minimum Gasteiger partial charge on any atom is -0.481 e. The van der Waals surface area contributed by atoms with Gasteiger partial charge in [0.1, 0.15) is 0 Å². The lowest BCUT2D eigenvalue weighted by Crippen LogP contribution is -2.46. The van der Waals surface area contributed by atoms with Gasteiger partial charge in [0.2, 0.25) is 0 Å². The predicted molar refractivity (Wildman–Crippen MR) is 68.3 cm³/mol. The molecule has 0 radical (unpaired) electrons. The van der Waals surface area contributed by atoms with Gasteiger partial charge >= 0.3 is 0 Å². The van der Waals surface area contributed by atoms with Crippen LogP contribution in [-0.4, -0.2) is 41.2 Å². The molecule has 1 heterocycles. The number of hydrogen-bond acceptors (Lipinski definition) is 3. The molecule has 0 atom stereocenters. The Bertz CT molecular complexity index is 452. The fourth-order valence-corrected chi connectivity index (χ4v) is 2.03. The number of benzene rings is 1. The fraction of sp³-hybridized carbons (Fsp3) is 0.500. The first-order valence-corrected chi connectivity index (χ1v) is 6.35. The van der Waals surface area contributed by atoms with Gasteiger partial charge in [-0.05, 0) is 31.9 Å². The molecule has 0 spiro atoms. The summed E-state index contributed by atoms with van der Waals surface area (Å²) in [5.74, 6) is -0.574. The summed E-state index contributed by atoms with van der Waals surface area (Å²) in [4.78, 5) is 13.5. The molecule has 2 rings (SSSR count). The maximum absolute atomic E-state index is 13.3.